The molecule has 0 radical (unpaired) electrons. The normalized spacial score (nSPS) is 10.6. The monoisotopic (exact) mass is 268 g/mol. The third-order valence-corrected chi connectivity index (χ3v) is 3.72. The maximum absolute atomic E-state index is 3.51. The second-order valence-electron chi connectivity index (χ2n) is 5.35. The van der Waals surface area contributed by atoms with Crippen LogP contribution < -0.4 is 10.2 Å². The highest BCUT2D eigenvalue weighted by Gasteiger charge is 2.00. The fraction of sp³-hybridized carbons (Fsp3) is 0.333. The summed E-state index contributed by atoms with van der Waals surface area (Å²) in [5.74, 6) is 0. The average Bonchev–Trinajstić information content (AvgIpc) is 2.48. The molecule has 2 heteroatoms. The van der Waals surface area contributed by atoms with E-state index in [0.717, 1.165) is 19.6 Å². The van der Waals surface area contributed by atoms with Crippen LogP contribution in [-0.4, -0.2) is 20.1 Å². The van der Waals surface area contributed by atoms with E-state index in [9.17, 15) is 0 Å². The van der Waals surface area contributed by atoms with Gasteiger partial charge in [-0.1, -0.05) is 36.4 Å². The van der Waals surface area contributed by atoms with Crippen LogP contribution in [0.4, 0.5) is 5.69 Å². The number of nitrogens with one attached hydrogen (secondary N) is 1. The molecule has 0 spiro atoms. The molecule has 0 unspecified atom stereocenters. The molecule has 0 aliphatic heterocycles. The standard InChI is InChI=1S/C18H24N2/c1-15-9-10-17(13-16(15)2)14-19-11-12-20(3)18-7-5-4-6-8-18/h4-10,13,19H,11-12,14H2,1-3H3. The third-order valence-electron chi connectivity index (χ3n) is 3.72. The number of rotatable bonds is 6. The molecule has 0 heterocycles. The smallest absolute Gasteiger partial charge is 0.0364 e. The van der Waals surface area contributed by atoms with Crippen LogP contribution in [0.15, 0.2) is 48.5 Å². The highest BCUT2D eigenvalue weighted by Crippen LogP contribution is 2.11. The van der Waals surface area contributed by atoms with Gasteiger partial charge in [0, 0.05) is 32.4 Å². The third kappa shape index (κ3) is 4.10. The van der Waals surface area contributed by atoms with Crippen molar-refractivity contribution in [3.63, 3.8) is 0 Å². The molecule has 0 saturated carbocycles. The van der Waals surface area contributed by atoms with Crippen molar-refractivity contribution in [2.75, 3.05) is 25.0 Å². The predicted octanol–water partition coefficient (Wildman–Crippen LogP) is 3.53. The van der Waals surface area contributed by atoms with Crippen LogP contribution in [0.25, 0.3) is 0 Å². The molecule has 0 saturated heterocycles. The topological polar surface area (TPSA) is 15.3 Å². The molecule has 0 aromatic heterocycles. The van der Waals surface area contributed by atoms with Crippen molar-refractivity contribution in [2.45, 2.75) is 20.4 Å². The Kier molecular flexibility index (Phi) is 5.19. The molecular weight excluding hydrogens is 244 g/mol. The van der Waals surface area contributed by atoms with Gasteiger partial charge >= 0.3 is 0 Å². The minimum atomic E-state index is 0.934. The molecule has 0 aliphatic carbocycles. The summed E-state index contributed by atoms with van der Waals surface area (Å²) in [5.41, 5.74) is 5.35. The summed E-state index contributed by atoms with van der Waals surface area (Å²) in [6.07, 6.45) is 0. The van der Waals surface area contributed by atoms with E-state index in [0.29, 0.717) is 0 Å². The van der Waals surface area contributed by atoms with Gasteiger partial charge in [0.05, 0.1) is 0 Å². The van der Waals surface area contributed by atoms with Gasteiger partial charge < -0.3 is 10.2 Å². The minimum absolute atomic E-state index is 0.934. The first-order valence-electron chi connectivity index (χ1n) is 7.20. The Bertz CT molecular complexity index is 534. The highest BCUT2D eigenvalue weighted by molar-refractivity contribution is 5.44. The molecule has 2 aromatic carbocycles. The van der Waals surface area contributed by atoms with E-state index in [1.807, 2.05) is 0 Å². The van der Waals surface area contributed by atoms with Crippen molar-refractivity contribution in [2.24, 2.45) is 0 Å². The minimum Gasteiger partial charge on any atom is -0.373 e. The molecule has 20 heavy (non-hydrogen) atoms. The molecule has 2 nitrogen and oxygen atoms in total. The number of para-hydroxylation sites is 1. The van der Waals surface area contributed by atoms with Crippen molar-refractivity contribution in [1.29, 1.82) is 0 Å². The van der Waals surface area contributed by atoms with Gasteiger partial charge in [-0.3, -0.25) is 0 Å². The Morgan fingerprint density at radius 1 is 0.950 bits per heavy atom. The van der Waals surface area contributed by atoms with E-state index in [1.165, 1.54) is 22.4 Å². The lowest BCUT2D eigenvalue weighted by Gasteiger charge is -2.19. The largest absolute Gasteiger partial charge is 0.373 e. The molecule has 0 amide bonds. The van der Waals surface area contributed by atoms with Crippen LogP contribution in [0.5, 0.6) is 0 Å². The Morgan fingerprint density at radius 3 is 2.40 bits per heavy atom. The van der Waals surface area contributed by atoms with Crippen LogP contribution >= 0.6 is 0 Å². The van der Waals surface area contributed by atoms with Crippen molar-refractivity contribution >= 4 is 5.69 Å². The average molecular weight is 268 g/mol. The zero-order chi connectivity index (χ0) is 14.4. The lowest BCUT2D eigenvalue weighted by molar-refractivity contribution is 0.679. The van der Waals surface area contributed by atoms with E-state index in [1.54, 1.807) is 0 Å². The summed E-state index contributed by atoms with van der Waals surface area (Å²) >= 11 is 0. The quantitative estimate of drug-likeness (QED) is 0.806. The van der Waals surface area contributed by atoms with E-state index in [4.69, 9.17) is 0 Å². The molecule has 0 atom stereocenters. The van der Waals surface area contributed by atoms with Crippen LogP contribution in [0.3, 0.4) is 0 Å². The summed E-state index contributed by atoms with van der Waals surface area (Å²) in [6.45, 7) is 7.25. The summed E-state index contributed by atoms with van der Waals surface area (Å²) in [7, 11) is 2.13. The van der Waals surface area contributed by atoms with Crippen LogP contribution in [0.2, 0.25) is 0 Å². The Labute approximate surface area is 122 Å². The molecule has 0 fully saturated rings. The van der Waals surface area contributed by atoms with Gasteiger partial charge in [-0.25, -0.2) is 0 Å². The Morgan fingerprint density at radius 2 is 1.70 bits per heavy atom. The van der Waals surface area contributed by atoms with Crippen molar-refractivity contribution in [1.82, 2.24) is 5.32 Å². The molecular formula is C18H24N2. The zero-order valence-electron chi connectivity index (χ0n) is 12.7. The maximum Gasteiger partial charge on any atom is 0.0364 e. The van der Waals surface area contributed by atoms with Crippen molar-refractivity contribution < 1.29 is 0 Å². The number of hydrogen-bond acceptors (Lipinski definition) is 2. The van der Waals surface area contributed by atoms with Gasteiger partial charge in [-0.05, 0) is 42.7 Å². The maximum atomic E-state index is 3.51. The number of benzene rings is 2. The molecule has 0 aliphatic rings. The predicted molar refractivity (Wildman–Crippen MR) is 87.3 cm³/mol. The number of hydrogen-bond donors (Lipinski definition) is 1. The van der Waals surface area contributed by atoms with Gasteiger partial charge in [0.2, 0.25) is 0 Å². The van der Waals surface area contributed by atoms with Gasteiger partial charge in [0.25, 0.3) is 0 Å². The number of likely N-dealkylation sites (N-methyl/N-ethyl adjacent to an activating group) is 1. The summed E-state index contributed by atoms with van der Waals surface area (Å²) in [4.78, 5) is 2.27. The fourth-order valence-corrected chi connectivity index (χ4v) is 2.20. The van der Waals surface area contributed by atoms with Crippen molar-refractivity contribution in [3.8, 4) is 0 Å². The second-order valence-corrected chi connectivity index (χ2v) is 5.35. The van der Waals surface area contributed by atoms with Crippen LogP contribution in [0.1, 0.15) is 16.7 Å². The van der Waals surface area contributed by atoms with Gasteiger partial charge in [0.1, 0.15) is 0 Å². The summed E-state index contributed by atoms with van der Waals surface area (Å²) in [5, 5.41) is 3.51. The van der Waals surface area contributed by atoms with E-state index >= 15 is 0 Å². The van der Waals surface area contributed by atoms with Crippen LogP contribution in [-0.2, 0) is 6.54 Å². The molecule has 2 aromatic rings. The first-order valence-corrected chi connectivity index (χ1v) is 7.20. The van der Waals surface area contributed by atoms with Crippen LogP contribution in [0, 0.1) is 13.8 Å². The molecule has 2 rings (SSSR count). The Balaban J connectivity index is 1.75. The highest BCUT2D eigenvalue weighted by atomic mass is 15.1. The Hall–Kier alpha value is -1.80. The molecule has 106 valence electrons. The first-order chi connectivity index (χ1) is 9.66. The second kappa shape index (κ2) is 7.11. The lowest BCUT2D eigenvalue weighted by atomic mass is 10.1. The van der Waals surface area contributed by atoms with Gasteiger partial charge in [0.15, 0.2) is 0 Å². The SMILES string of the molecule is Cc1ccc(CNCCN(C)c2ccccc2)cc1C. The van der Waals surface area contributed by atoms with E-state index in [2.05, 4.69) is 79.6 Å². The number of anilines is 1. The van der Waals surface area contributed by atoms with E-state index < -0.39 is 0 Å². The van der Waals surface area contributed by atoms with Gasteiger partial charge in [-0.15, -0.1) is 0 Å². The molecule has 1 N–H and O–H groups in total. The van der Waals surface area contributed by atoms with Crippen molar-refractivity contribution in [3.05, 3.63) is 65.2 Å². The summed E-state index contributed by atoms with van der Waals surface area (Å²) in [6, 6.07) is 17.2. The van der Waals surface area contributed by atoms with Gasteiger partial charge in [-0.2, -0.15) is 0 Å². The lowest BCUT2D eigenvalue weighted by Crippen LogP contribution is -2.28. The summed E-state index contributed by atoms with van der Waals surface area (Å²) < 4.78 is 0. The van der Waals surface area contributed by atoms with E-state index in [-0.39, 0.29) is 0 Å². The number of nitrogens with zero attached hydrogens (tertiary/aromatic N) is 1. The number of aryl methyl sites for hydroxylation is 2. The molecule has 0 bridgehead atoms. The zero-order valence-corrected chi connectivity index (χ0v) is 12.7. The fourth-order valence-electron chi connectivity index (χ4n) is 2.20. The first kappa shape index (κ1) is 14.6.